The number of hydrogen-bond acceptors (Lipinski definition) is 7. The molecule has 11 heteroatoms. The van der Waals surface area contributed by atoms with Gasteiger partial charge >= 0.3 is 0 Å². The molecule has 1 atom stereocenters. The van der Waals surface area contributed by atoms with Crippen molar-refractivity contribution in [2.45, 2.75) is 81.6 Å². The molecule has 1 saturated heterocycles. The van der Waals surface area contributed by atoms with Crippen molar-refractivity contribution in [3.05, 3.63) is 47.8 Å². The summed E-state index contributed by atoms with van der Waals surface area (Å²) in [6.07, 6.45) is 7.31. The molecule has 4 heterocycles. The number of pyridine rings is 1. The number of nitrogens with zero attached hydrogens (tertiary/aromatic N) is 5. The van der Waals surface area contributed by atoms with Gasteiger partial charge in [0.1, 0.15) is 12.2 Å². The minimum Gasteiger partial charge on any atom is -0.387 e. The fourth-order valence-electron chi connectivity index (χ4n) is 6.52. The molecule has 10 nitrogen and oxygen atoms in total. The van der Waals surface area contributed by atoms with Gasteiger partial charge in [0.05, 0.1) is 52.1 Å². The summed E-state index contributed by atoms with van der Waals surface area (Å²) in [5.41, 5.74) is 1.48. The van der Waals surface area contributed by atoms with Crippen LogP contribution in [0.3, 0.4) is 0 Å². The Hall–Kier alpha value is -4.04. The normalized spacial score (nSPS) is 24.6. The number of carbonyl (C=O) groups excluding carboxylic acids is 2. The van der Waals surface area contributed by atoms with Crippen LogP contribution in [0.1, 0.15) is 74.7 Å². The summed E-state index contributed by atoms with van der Waals surface area (Å²) in [5, 5.41) is 29.9. The third-order valence-electron chi connectivity index (χ3n) is 9.28. The third-order valence-corrected chi connectivity index (χ3v) is 9.28. The van der Waals surface area contributed by atoms with E-state index in [1.807, 2.05) is 18.2 Å². The van der Waals surface area contributed by atoms with Gasteiger partial charge in [-0.05, 0) is 76.6 Å². The second-order valence-corrected chi connectivity index (χ2v) is 12.3. The monoisotopic (exact) mass is 559 g/mol. The largest absolute Gasteiger partial charge is 0.387 e. The number of fused-ring (bicyclic) bond motifs is 4. The molecule has 0 radical (unpaired) electrons. The Morgan fingerprint density at radius 2 is 1.93 bits per heavy atom. The van der Waals surface area contributed by atoms with E-state index in [0.29, 0.717) is 29.1 Å². The first kappa shape index (κ1) is 27.1. The van der Waals surface area contributed by atoms with Gasteiger partial charge in [0.2, 0.25) is 5.91 Å². The molecule has 0 spiro atoms. The standard InChI is InChI=1S/C30H34FN7O3/c1-28(2,41)25(31)18-34-27(40)21-17-33-23(24-4-3-20-13-19(15-32)16-35-38(20)24)14-22(21)36-29-6-9-30(10-7-29,11-8-29)37-12-5-26(37)39/h3-4,13-14,16-17,25,41H,5-12,18H2,1-2H3,(H,33,36)(H,34,40)/t25-,29?,30?/m1/s1. The number of alkyl halides is 1. The van der Waals surface area contributed by atoms with E-state index in [4.69, 9.17) is 0 Å². The predicted octanol–water partition coefficient (Wildman–Crippen LogP) is 3.60. The molecule has 3 aromatic rings. The number of nitriles is 1. The molecule has 41 heavy (non-hydrogen) atoms. The van der Waals surface area contributed by atoms with E-state index in [2.05, 4.69) is 31.7 Å². The summed E-state index contributed by atoms with van der Waals surface area (Å²) in [6, 6.07) is 9.38. The lowest BCUT2D eigenvalue weighted by Crippen LogP contribution is -2.65. The van der Waals surface area contributed by atoms with Crippen LogP contribution in [-0.4, -0.2) is 72.4 Å². The number of likely N-dealkylation sites (tertiary alicyclic amines) is 1. The fraction of sp³-hybridized carbons (Fsp3) is 0.500. The highest BCUT2D eigenvalue weighted by molar-refractivity contribution is 6.00. The Kier molecular flexibility index (Phi) is 6.49. The Labute approximate surface area is 237 Å². The van der Waals surface area contributed by atoms with Gasteiger partial charge < -0.3 is 20.6 Å². The van der Waals surface area contributed by atoms with Crippen LogP contribution in [0.15, 0.2) is 36.7 Å². The Morgan fingerprint density at radius 3 is 2.54 bits per heavy atom. The molecule has 3 N–H and O–H groups in total. The van der Waals surface area contributed by atoms with Gasteiger partial charge in [0.25, 0.3) is 5.91 Å². The third kappa shape index (κ3) is 4.80. The Morgan fingerprint density at radius 1 is 1.20 bits per heavy atom. The van der Waals surface area contributed by atoms with E-state index in [-0.39, 0.29) is 29.1 Å². The van der Waals surface area contributed by atoms with Crippen LogP contribution in [0.4, 0.5) is 10.1 Å². The van der Waals surface area contributed by atoms with E-state index in [1.165, 1.54) is 26.2 Å². The molecule has 3 saturated carbocycles. The number of amides is 2. The number of β-lactam (4-membered cyclic amide) rings is 1. The maximum atomic E-state index is 14.4. The van der Waals surface area contributed by atoms with Crippen molar-refractivity contribution >= 4 is 23.0 Å². The molecule has 0 unspecified atom stereocenters. The molecule has 1 aliphatic heterocycles. The van der Waals surface area contributed by atoms with Gasteiger partial charge in [0, 0.05) is 30.2 Å². The van der Waals surface area contributed by atoms with Crippen LogP contribution in [0.5, 0.6) is 0 Å². The second-order valence-electron chi connectivity index (χ2n) is 12.3. The number of hydrogen-bond donors (Lipinski definition) is 3. The molecular weight excluding hydrogens is 525 g/mol. The molecule has 214 valence electrons. The first-order chi connectivity index (χ1) is 19.5. The van der Waals surface area contributed by atoms with Crippen molar-refractivity contribution in [1.29, 1.82) is 5.26 Å². The number of aliphatic hydroxyl groups is 1. The molecule has 4 fully saturated rings. The van der Waals surface area contributed by atoms with E-state index < -0.39 is 17.7 Å². The molecular formula is C30H34FN7O3. The number of halogens is 1. The molecule has 2 bridgehead atoms. The summed E-state index contributed by atoms with van der Waals surface area (Å²) in [7, 11) is 0. The lowest BCUT2D eigenvalue weighted by Gasteiger charge is -2.60. The van der Waals surface area contributed by atoms with Gasteiger partial charge in [-0.1, -0.05) is 0 Å². The molecule has 0 aromatic carbocycles. The zero-order valence-electron chi connectivity index (χ0n) is 23.3. The smallest absolute Gasteiger partial charge is 0.255 e. The first-order valence-electron chi connectivity index (χ1n) is 14.1. The highest BCUT2D eigenvalue weighted by atomic mass is 19.1. The quantitative estimate of drug-likeness (QED) is 0.359. The minimum atomic E-state index is -1.64. The lowest BCUT2D eigenvalue weighted by molar-refractivity contribution is -0.155. The van der Waals surface area contributed by atoms with Crippen molar-refractivity contribution < 1.29 is 19.1 Å². The minimum absolute atomic E-state index is 0.0472. The first-order valence-corrected chi connectivity index (χ1v) is 14.1. The molecule has 3 aromatic heterocycles. The summed E-state index contributed by atoms with van der Waals surface area (Å²) >= 11 is 0. The van der Waals surface area contributed by atoms with Gasteiger partial charge in [-0.25, -0.2) is 8.91 Å². The van der Waals surface area contributed by atoms with Gasteiger partial charge in [-0.2, -0.15) is 10.4 Å². The van der Waals surface area contributed by atoms with Crippen molar-refractivity contribution in [3.8, 4) is 17.5 Å². The average molecular weight is 560 g/mol. The Balaban J connectivity index is 1.31. The summed E-state index contributed by atoms with van der Waals surface area (Å²) in [6.45, 7) is 3.23. The molecule has 4 aliphatic rings. The number of rotatable bonds is 8. The summed E-state index contributed by atoms with van der Waals surface area (Å²) < 4.78 is 16.1. The van der Waals surface area contributed by atoms with Crippen LogP contribution < -0.4 is 10.6 Å². The Bertz CT molecular complexity index is 1550. The number of aromatic nitrogens is 3. The highest BCUT2D eigenvalue weighted by Crippen LogP contribution is 2.52. The van der Waals surface area contributed by atoms with Crippen molar-refractivity contribution in [3.63, 3.8) is 0 Å². The summed E-state index contributed by atoms with van der Waals surface area (Å²) in [4.78, 5) is 32.2. The maximum Gasteiger partial charge on any atom is 0.255 e. The zero-order chi connectivity index (χ0) is 29.0. The van der Waals surface area contributed by atoms with E-state index in [0.717, 1.165) is 50.6 Å². The van der Waals surface area contributed by atoms with Crippen LogP contribution in [-0.2, 0) is 4.79 Å². The van der Waals surface area contributed by atoms with Crippen LogP contribution in [0.25, 0.3) is 16.9 Å². The van der Waals surface area contributed by atoms with Gasteiger partial charge in [0.15, 0.2) is 0 Å². The van der Waals surface area contributed by atoms with Crippen molar-refractivity contribution in [2.24, 2.45) is 0 Å². The number of nitrogens with one attached hydrogen (secondary N) is 2. The second kappa shape index (κ2) is 9.80. The van der Waals surface area contributed by atoms with E-state index in [1.54, 1.807) is 10.6 Å². The number of carbonyl (C=O) groups is 2. The zero-order valence-corrected chi connectivity index (χ0v) is 23.3. The van der Waals surface area contributed by atoms with E-state index in [9.17, 15) is 24.3 Å². The van der Waals surface area contributed by atoms with Crippen LogP contribution in [0, 0.1) is 11.3 Å². The van der Waals surface area contributed by atoms with Crippen LogP contribution >= 0.6 is 0 Å². The summed E-state index contributed by atoms with van der Waals surface area (Å²) in [5.74, 6) is -0.240. The molecule has 7 rings (SSSR count). The topological polar surface area (TPSA) is 136 Å². The highest BCUT2D eigenvalue weighted by Gasteiger charge is 2.54. The van der Waals surface area contributed by atoms with Gasteiger partial charge in [-0.15, -0.1) is 0 Å². The molecule has 3 aliphatic carbocycles. The molecule has 2 amide bonds. The van der Waals surface area contributed by atoms with Crippen molar-refractivity contribution in [1.82, 2.24) is 24.8 Å². The maximum absolute atomic E-state index is 14.4. The van der Waals surface area contributed by atoms with Crippen LogP contribution in [0.2, 0.25) is 0 Å². The average Bonchev–Trinajstić information content (AvgIpc) is 3.38. The number of anilines is 1. The fourth-order valence-corrected chi connectivity index (χ4v) is 6.52. The lowest BCUT2D eigenvalue weighted by atomic mass is 9.60. The SMILES string of the molecule is CC(C)(O)[C@H](F)CNC(=O)c1cnc(-c2ccc3cc(C#N)cnn23)cc1NC12CCC(N3CCC3=O)(CC1)CC2. The van der Waals surface area contributed by atoms with Gasteiger partial charge in [-0.3, -0.25) is 14.6 Å². The predicted molar refractivity (Wildman–Crippen MR) is 150 cm³/mol. The van der Waals surface area contributed by atoms with Crippen molar-refractivity contribution in [2.75, 3.05) is 18.4 Å². The van der Waals surface area contributed by atoms with E-state index >= 15 is 0 Å².